The largest absolute Gasteiger partial charge is 0.497 e. The van der Waals surface area contributed by atoms with Crippen LogP contribution in [0.5, 0.6) is 5.75 Å². The van der Waals surface area contributed by atoms with E-state index in [1.807, 2.05) is 41.0 Å². The third-order valence-electron chi connectivity index (χ3n) is 7.33. The number of fused-ring (bicyclic) bond motifs is 5. The summed E-state index contributed by atoms with van der Waals surface area (Å²) < 4.78 is 35.3. The van der Waals surface area contributed by atoms with E-state index >= 15 is 0 Å². The van der Waals surface area contributed by atoms with Gasteiger partial charge in [-0.3, -0.25) is 4.79 Å². The van der Waals surface area contributed by atoms with E-state index in [4.69, 9.17) is 4.74 Å². The van der Waals surface area contributed by atoms with Crippen LogP contribution in [0.1, 0.15) is 18.0 Å². The van der Waals surface area contributed by atoms with Crippen molar-refractivity contribution in [3.05, 3.63) is 94.9 Å². The molecule has 6 rings (SSSR count). The number of ether oxygens (including phenoxy) is 1. The van der Waals surface area contributed by atoms with Crippen molar-refractivity contribution < 1.29 is 13.2 Å². The first-order valence-electron chi connectivity index (χ1n) is 11.8. The van der Waals surface area contributed by atoms with Crippen LogP contribution in [-0.4, -0.2) is 37.5 Å². The van der Waals surface area contributed by atoms with E-state index in [-0.39, 0.29) is 22.3 Å². The molecule has 0 spiro atoms. The summed E-state index contributed by atoms with van der Waals surface area (Å²) in [6, 6.07) is 24.6. The lowest BCUT2D eigenvalue weighted by atomic mass is 9.84. The van der Waals surface area contributed by atoms with E-state index in [1.165, 1.54) is 0 Å². The lowest BCUT2D eigenvalue weighted by Gasteiger charge is -2.42. The Hall–Kier alpha value is -3.42. The summed E-state index contributed by atoms with van der Waals surface area (Å²) in [6.45, 7) is 1.32. The molecule has 0 aliphatic carbocycles. The van der Waals surface area contributed by atoms with Crippen LogP contribution >= 0.6 is 0 Å². The first-order chi connectivity index (χ1) is 16.9. The molecular weight excluding hydrogens is 460 g/mol. The molecule has 2 bridgehead atoms. The number of nitrogens with zero attached hydrogens (tertiary/aromatic N) is 2. The predicted molar refractivity (Wildman–Crippen MR) is 136 cm³/mol. The minimum atomic E-state index is -3.62. The molecule has 0 amide bonds. The molecule has 3 aromatic carbocycles. The molecule has 0 radical (unpaired) electrons. The Labute approximate surface area is 204 Å². The summed E-state index contributed by atoms with van der Waals surface area (Å²) in [5.41, 5.74) is 2.51. The number of aromatic nitrogens is 1. The van der Waals surface area contributed by atoms with Gasteiger partial charge in [-0.05, 0) is 71.1 Å². The molecule has 2 aliphatic heterocycles. The molecule has 3 heterocycles. The zero-order valence-electron chi connectivity index (χ0n) is 19.4. The molecule has 1 saturated heterocycles. The fourth-order valence-electron chi connectivity index (χ4n) is 5.57. The third-order valence-corrected chi connectivity index (χ3v) is 9.17. The first kappa shape index (κ1) is 22.1. The summed E-state index contributed by atoms with van der Waals surface area (Å²) in [4.78, 5) is 13.8. The average Bonchev–Trinajstić information content (AvgIpc) is 2.89. The van der Waals surface area contributed by atoms with Gasteiger partial charge >= 0.3 is 0 Å². The zero-order chi connectivity index (χ0) is 24.2. The number of pyridine rings is 1. The number of piperidine rings is 1. The van der Waals surface area contributed by atoms with Crippen molar-refractivity contribution in [2.24, 2.45) is 5.92 Å². The second-order valence-corrected chi connectivity index (χ2v) is 11.4. The van der Waals surface area contributed by atoms with Gasteiger partial charge in [-0.15, -0.1) is 0 Å². The molecule has 4 aromatic rings. The molecule has 1 aromatic heterocycles. The highest BCUT2D eigenvalue weighted by molar-refractivity contribution is 7.89. The zero-order valence-corrected chi connectivity index (χ0v) is 20.2. The number of rotatable bonds is 4. The maximum absolute atomic E-state index is 13.6. The second-order valence-electron chi connectivity index (χ2n) is 9.45. The van der Waals surface area contributed by atoms with Crippen LogP contribution in [0, 0.1) is 5.92 Å². The Bertz CT molecular complexity index is 1590. The smallest absolute Gasteiger partial charge is 0.258 e. The molecule has 35 heavy (non-hydrogen) atoms. The van der Waals surface area contributed by atoms with E-state index in [1.54, 1.807) is 35.7 Å². The van der Waals surface area contributed by atoms with Gasteiger partial charge in [0.2, 0.25) is 10.0 Å². The maximum Gasteiger partial charge on any atom is 0.258 e. The normalized spacial score (nSPS) is 19.9. The van der Waals surface area contributed by atoms with Crippen LogP contribution in [0.3, 0.4) is 0 Å². The molecule has 2 unspecified atom stereocenters. The second kappa shape index (κ2) is 8.36. The number of benzene rings is 3. The van der Waals surface area contributed by atoms with Gasteiger partial charge in [0.15, 0.2) is 0 Å². The van der Waals surface area contributed by atoms with E-state index in [2.05, 4.69) is 18.2 Å². The van der Waals surface area contributed by atoms with Crippen molar-refractivity contribution in [2.45, 2.75) is 23.8 Å². The van der Waals surface area contributed by atoms with Gasteiger partial charge in [0, 0.05) is 36.8 Å². The summed E-state index contributed by atoms with van der Waals surface area (Å²) in [5.74, 6) is 0.711. The molecule has 0 N–H and O–H groups in total. The topological polar surface area (TPSA) is 68.6 Å². The van der Waals surface area contributed by atoms with Crippen molar-refractivity contribution in [2.75, 3.05) is 20.2 Å². The molecule has 2 atom stereocenters. The van der Waals surface area contributed by atoms with Gasteiger partial charge in [0.1, 0.15) is 5.75 Å². The lowest BCUT2D eigenvalue weighted by molar-refractivity contribution is 0.186. The highest BCUT2D eigenvalue weighted by Gasteiger charge is 2.39. The monoisotopic (exact) mass is 486 g/mol. The predicted octanol–water partition coefficient (Wildman–Crippen LogP) is 4.49. The van der Waals surface area contributed by atoms with Crippen molar-refractivity contribution in [3.63, 3.8) is 0 Å². The summed E-state index contributed by atoms with van der Waals surface area (Å²) in [6.07, 6.45) is 0.892. The molecule has 7 heteroatoms. The van der Waals surface area contributed by atoms with Crippen molar-refractivity contribution in [3.8, 4) is 16.9 Å². The van der Waals surface area contributed by atoms with E-state index in [9.17, 15) is 13.2 Å². The highest BCUT2D eigenvalue weighted by Crippen LogP contribution is 2.38. The highest BCUT2D eigenvalue weighted by atomic mass is 32.2. The Kier molecular flexibility index (Phi) is 5.27. The Morgan fingerprint density at radius 1 is 0.857 bits per heavy atom. The van der Waals surface area contributed by atoms with Gasteiger partial charge in [-0.1, -0.05) is 36.4 Å². The van der Waals surface area contributed by atoms with E-state index < -0.39 is 10.0 Å². The van der Waals surface area contributed by atoms with Crippen molar-refractivity contribution >= 4 is 20.8 Å². The minimum Gasteiger partial charge on any atom is -0.497 e. The quantitative estimate of drug-likeness (QED) is 0.426. The minimum absolute atomic E-state index is 0.000979. The van der Waals surface area contributed by atoms with E-state index in [0.717, 1.165) is 28.5 Å². The average molecular weight is 487 g/mol. The molecular formula is C28H26N2O4S. The van der Waals surface area contributed by atoms with Crippen molar-refractivity contribution in [1.29, 1.82) is 0 Å². The van der Waals surface area contributed by atoms with Crippen LogP contribution in [0.4, 0.5) is 0 Å². The molecule has 1 fully saturated rings. The molecule has 0 saturated carbocycles. The van der Waals surface area contributed by atoms with Crippen LogP contribution in [0.25, 0.3) is 21.9 Å². The maximum atomic E-state index is 13.6. The Balaban J connectivity index is 1.33. The van der Waals surface area contributed by atoms with Crippen LogP contribution in [-0.2, 0) is 16.6 Å². The lowest BCUT2D eigenvalue weighted by Crippen LogP contribution is -2.49. The SMILES string of the molecule is COc1ccc(S(=O)(=O)N2CC3CC(C2)c2ccc(-c4ccc5ccccc5c4)c(=O)n2C3)cc1. The third kappa shape index (κ3) is 3.75. The standard InChI is InChI=1S/C28H26N2O4S/c1-34-24-8-10-25(11-9-24)35(32,33)29-16-19-14-23(18-29)27-13-12-26(28(31)30(27)17-19)22-7-6-20-4-2-3-5-21(20)15-22/h2-13,15,19,23H,14,16-18H2,1H3. The van der Waals surface area contributed by atoms with Gasteiger partial charge < -0.3 is 9.30 Å². The fraction of sp³-hybridized carbons (Fsp3) is 0.250. The molecule has 178 valence electrons. The Morgan fingerprint density at radius 2 is 1.63 bits per heavy atom. The first-order valence-corrected chi connectivity index (χ1v) is 13.2. The summed E-state index contributed by atoms with van der Waals surface area (Å²) >= 11 is 0. The summed E-state index contributed by atoms with van der Waals surface area (Å²) in [5, 5.41) is 2.24. The van der Waals surface area contributed by atoms with Crippen LogP contribution < -0.4 is 10.3 Å². The fourth-order valence-corrected chi connectivity index (χ4v) is 7.13. The number of hydrogen-bond donors (Lipinski definition) is 0. The van der Waals surface area contributed by atoms with Gasteiger partial charge in [0.05, 0.1) is 12.0 Å². The summed E-state index contributed by atoms with van der Waals surface area (Å²) in [7, 11) is -2.07. The van der Waals surface area contributed by atoms with Gasteiger partial charge in [-0.2, -0.15) is 4.31 Å². The van der Waals surface area contributed by atoms with Crippen LogP contribution in [0.15, 0.2) is 88.6 Å². The number of hydrogen-bond acceptors (Lipinski definition) is 4. The van der Waals surface area contributed by atoms with E-state index in [0.29, 0.717) is 30.9 Å². The van der Waals surface area contributed by atoms with Crippen molar-refractivity contribution in [1.82, 2.24) is 8.87 Å². The molecule has 2 aliphatic rings. The number of methoxy groups -OCH3 is 1. The Morgan fingerprint density at radius 3 is 2.40 bits per heavy atom. The number of sulfonamides is 1. The van der Waals surface area contributed by atoms with Gasteiger partial charge in [0.25, 0.3) is 5.56 Å². The molecule has 6 nitrogen and oxygen atoms in total. The van der Waals surface area contributed by atoms with Crippen LogP contribution in [0.2, 0.25) is 0 Å². The van der Waals surface area contributed by atoms with Gasteiger partial charge in [-0.25, -0.2) is 8.42 Å².